The first-order valence-electron chi connectivity index (χ1n) is 5.27. The van der Waals surface area contributed by atoms with Crippen LogP contribution in [-0.2, 0) is 4.79 Å². The number of thiocarbonyl (C=S) groups is 1. The summed E-state index contributed by atoms with van der Waals surface area (Å²) in [5.74, 6) is 1.53. The van der Waals surface area contributed by atoms with E-state index in [2.05, 4.69) is 0 Å². The van der Waals surface area contributed by atoms with Gasteiger partial charge in [-0.1, -0.05) is 23.2 Å². The molecule has 2 saturated heterocycles. The van der Waals surface area contributed by atoms with Crippen LogP contribution in [0.15, 0.2) is 18.2 Å². The van der Waals surface area contributed by atoms with Crippen molar-refractivity contribution < 1.29 is 4.79 Å². The molecule has 18 heavy (non-hydrogen) atoms. The average molecular weight is 319 g/mol. The van der Waals surface area contributed by atoms with E-state index in [1.807, 2.05) is 4.90 Å². The fraction of sp³-hybridized carbons (Fsp3) is 0.273. The molecule has 0 saturated carbocycles. The maximum atomic E-state index is 12.3. The topological polar surface area (TPSA) is 23.6 Å². The highest BCUT2D eigenvalue weighted by Crippen LogP contribution is 2.36. The monoisotopic (exact) mass is 318 g/mol. The van der Waals surface area contributed by atoms with Crippen molar-refractivity contribution in [2.24, 2.45) is 0 Å². The first-order valence-corrected chi connectivity index (χ1v) is 7.59. The molecule has 7 heteroatoms. The summed E-state index contributed by atoms with van der Waals surface area (Å²) < 4.78 is 0. The van der Waals surface area contributed by atoms with Crippen LogP contribution in [0.5, 0.6) is 0 Å². The lowest BCUT2D eigenvalue weighted by Gasteiger charge is -2.19. The minimum absolute atomic E-state index is 0.00535. The van der Waals surface area contributed by atoms with E-state index in [1.54, 1.807) is 30.0 Å². The zero-order chi connectivity index (χ0) is 12.9. The molecule has 2 aliphatic rings. The Hall–Kier alpha value is -0.490. The highest BCUT2D eigenvalue weighted by atomic mass is 35.5. The van der Waals surface area contributed by atoms with E-state index in [4.69, 9.17) is 35.4 Å². The van der Waals surface area contributed by atoms with Crippen molar-refractivity contribution in [1.29, 1.82) is 0 Å². The van der Waals surface area contributed by atoms with Crippen LogP contribution in [0.2, 0.25) is 10.0 Å². The Morgan fingerprint density at radius 2 is 2.17 bits per heavy atom. The Morgan fingerprint density at radius 1 is 1.39 bits per heavy atom. The fourth-order valence-corrected chi connectivity index (χ4v) is 4.20. The Morgan fingerprint density at radius 3 is 2.83 bits per heavy atom. The third-order valence-corrected chi connectivity index (χ3v) is 4.94. The molecule has 1 aromatic rings. The van der Waals surface area contributed by atoms with Gasteiger partial charge in [0.05, 0.1) is 16.6 Å². The number of thioether (sulfide) groups is 1. The molecule has 0 spiro atoms. The Balaban J connectivity index is 2.02. The molecule has 0 aromatic heterocycles. The van der Waals surface area contributed by atoms with E-state index in [-0.39, 0.29) is 11.9 Å². The van der Waals surface area contributed by atoms with E-state index in [9.17, 15) is 4.79 Å². The minimum atomic E-state index is -0.144. The lowest BCUT2D eigenvalue weighted by atomic mass is 10.2. The summed E-state index contributed by atoms with van der Waals surface area (Å²) >= 11 is 19.1. The van der Waals surface area contributed by atoms with Crippen molar-refractivity contribution in [2.45, 2.75) is 6.04 Å². The molecule has 0 bridgehead atoms. The van der Waals surface area contributed by atoms with Crippen LogP contribution in [0.4, 0.5) is 5.69 Å². The lowest BCUT2D eigenvalue weighted by Crippen LogP contribution is -2.32. The van der Waals surface area contributed by atoms with Crippen molar-refractivity contribution in [2.75, 3.05) is 16.5 Å². The summed E-state index contributed by atoms with van der Waals surface area (Å²) in [5.41, 5.74) is 0.607. The smallest absolute Gasteiger partial charge is 0.257 e. The van der Waals surface area contributed by atoms with E-state index in [0.29, 0.717) is 20.8 Å². The van der Waals surface area contributed by atoms with Crippen molar-refractivity contribution >= 4 is 63.9 Å². The van der Waals surface area contributed by atoms with Crippen molar-refractivity contribution in [1.82, 2.24) is 4.90 Å². The number of rotatable bonds is 1. The maximum absolute atomic E-state index is 12.3. The first kappa shape index (κ1) is 12.5. The van der Waals surface area contributed by atoms with Crippen molar-refractivity contribution in [3.63, 3.8) is 0 Å². The fourth-order valence-electron chi connectivity index (χ4n) is 2.09. The van der Waals surface area contributed by atoms with Gasteiger partial charge in [0.25, 0.3) is 5.91 Å². The number of benzene rings is 1. The summed E-state index contributed by atoms with van der Waals surface area (Å²) in [6.07, 6.45) is 0. The summed E-state index contributed by atoms with van der Waals surface area (Å²) in [6, 6.07) is 4.90. The number of carbonyl (C=O) groups excluding carboxylic acids is 1. The van der Waals surface area contributed by atoms with Gasteiger partial charge in [0.15, 0.2) is 5.11 Å². The first-order chi connectivity index (χ1) is 8.59. The molecular formula is C11H8Cl2N2OS2. The number of nitrogens with zero attached hydrogens (tertiary/aromatic N) is 2. The van der Waals surface area contributed by atoms with Gasteiger partial charge in [0.1, 0.15) is 6.04 Å². The largest absolute Gasteiger partial charge is 0.326 e. The van der Waals surface area contributed by atoms with Gasteiger partial charge in [-0.05, 0) is 30.4 Å². The summed E-state index contributed by atoms with van der Waals surface area (Å²) in [5, 5.41) is 1.50. The number of hydrogen-bond acceptors (Lipinski definition) is 3. The number of halogens is 2. The molecule has 0 N–H and O–H groups in total. The number of carbonyl (C=O) groups is 1. The van der Waals surface area contributed by atoms with Gasteiger partial charge in [-0.2, -0.15) is 0 Å². The van der Waals surface area contributed by atoms with Gasteiger partial charge in [-0.15, -0.1) is 11.8 Å². The van der Waals surface area contributed by atoms with Crippen molar-refractivity contribution in [3.8, 4) is 0 Å². The Kier molecular flexibility index (Phi) is 3.18. The van der Waals surface area contributed by atoms with Gasteiger partial charge in [0.2, 0.25) is 0 Å². The van der Waals surface area contributed by atoms with Crippen LogP contribution in [0.3, 0.4) is 0 Å². The van der Waals surface area contributed by atoms with Crippen LogP contribution in [-0.4, -0.2) is 33.6 Å². The average Bonchev–Trinajstić information content (AvgIpc) is 2.87. The molecule has 2 aliphatic heterocycles. The molecule has 94 valence electrons. The van der Waals surface area contributed by atoms with E-state index >= 15 is 0 Å². The Bertz CT molecular complexity index is 530. The maximum Gasteiger partial charge on any atom is 0.257 e. The van der Waals surface area contributed by atoms with Gasteiger partial charge < -0.3 is 4.90 Å². The lowest BCUT2D eigenvalue weighted by molar-refractivity contribution is -0.118. The zero-order valence-electron chi connectivity index (χ0n) is 9.10. The normalized spacial score (nSPS) is 22.9. The molecule has 0 aliphatic carbocycles. The van der Waals surface area contributed by atoms with Gasteiger partial charge >= 0.3 is 0 Å². The van der Waals surface area contributed by atoms with Crippen LogP contribution in [0.1, 0.15) is 0 Å². The summed E-state index contributed by atoms with van der Waals surface area (Å²) in [6.45, 7) is 0. The quantitative estimate of drug-likeness (QED) is 0.743. The van der Waals surface area contributed by atoms with E-state index in [1.165, 1.54) is 4.90 Å². The second-order valence-electron chi connectivity index (χ2n) is 4.04. The predicted molar refractivity (Wildman–Crippen MR) is 79.5 cm³/mol. The molecule has 3 nitrogen and oxygen atoms in total. The number of amides is 1. The van der Waals surface area contributed by atoms with Crippen LogP contribution >= 0.6 is 47.2 Å². The Labute approximate surface area is 124 Å². The van der Waals surface area contributed by atoms with E-state index in [0.717, 1.165) is 11.6 Å². The second kappa shape index (κ2) is 4.56. The second-order valence-corrected chi connectivity index (χ2v) is 6.25. The molecule has 1 aromatic carbocycles. The molecule has 3 rings (SSSR count). The molecule has 0 unspecified atom stereocenters. The predicted octanol–water partition coefficient (Wildman–Crippen LogP) is 3.00. The molecule has 2 heterocycles. The summed E-state index contributed by atoms with van der Waals surface area (Å²) in [4.78, 5) is 15.8. The van der Waals surface area contributed by atoms with Crippen molar-refractivity contribution in [3.05, 3.63) is 28.2 Å². The standard InChI is InChI=1S/C11H8Cl2N2OS2/c12-6-1-2-8(7(13)3-6)15-10(16)9-4-18-5-14(9)11(15)17/h1-3,9H,4-5H2/t9-/m0/s1. The number of fused-ring (bicyclic) bond motifs is 1. The molecule has 1 atom stereocenters. The highest BCUT2D eigenvalue weighted by Gasteiger charge is 2.46. The third-order valence-electron chi connectivity index (χ3n) is 2.98. The third kappa shape index (κ3) is 1.81. The van der Waals surface area contributed by atoms with E-state index < -0.39 is 0 Å². The molecule has 2 fully saturated rings. The summed E-state index contributed by atoms with van der Waals surface area (Å²) in [7, 11) is 0. The van der Waals surface area contributed by atoms with Crippen LogP contribution in [0, 0.1) is 0 Å². The highest BCUT2D eigenvalue weighted by molar-refractivity contribution is 7.99. The van der Waals surface area contributed by atoms with Gasteiger partial charge in [-0.25, -0.2) is 0 Å². The minimum Gasteiger partial charge on any atom is -0.326 e. The van der Waals surface area contributed by atoms with Crippen LogP contribution in [0.25, 0.3) is 0 Å². The molecule has 1 amide bonds. The molecular weight excluding hydrogens is 311 g/mol. The zero-order valence-corrected chi connectivity index (χ0v) is 12.2. The number of hydrogen-bond donors (Lipinski definition) is 0. The SMILES string of the molecule is O=C1[C@@H]2CSCN2C(=S)N1c1ccc(Cl)cc1Cl. The molecule has 0 radical (unpaired) electrons. The van der Waals surface area contributed by atoms with Gasteiger partial charge in [-0.3, -0.25) is 9.69 Å². The number of anilines is 1. The van der Waals surface area contributed by atoms with Crippen LogP contribution < -0.4 is 4.90 Å². The van der Waals surface area contributed by atoms with Gasteiger partial charge in [0, 0.05) is 10.8 Å².